The normalized spacial score (nSPS) is 31.3. The molecule has 2 bridgehead atoms. The summed E-state index contributed by atoms with van der Waals surface area (Å²) in [5.74, 6) is -1.42. The molecule has 0 radical (unpaired) electrons. The predicted octanol–water partition coefficient (Wildman–Crippen LogP) is 2.34. The van der Waals surface area contributed by atoms with E-state index in [2.05, 4.69) is 25.0 Å². The van der Waals surface area contributed by atoms with Crippen LogP contribution in [0, 0.1) is 17.8 Å². The molecule has 3 unspecified atom stereocenters. The Morgan fingerprint density at radius 2 is 1.93 bits per heavy atom. The first-order valence-corrected chi connectivity index (χ1v) is 15.8. The van der Waals surface area contributed by atoms with E-state index < -0.39 is 22.6 Å². The van der Waals surface area contributed by atoms with Crippen molar-refractivity contribution in [2.24, 2.45) is 17.8 Å². The number of morpholine rings is 1. The Labute approximate surface area is 243 Å². The molecule has 9 nitrogen and oxygen atoms in total. The lowest BCUT2D eigenvalue weighted by atomic mass is 9.66. The highest BCUT2D eigenvalue weighted by Crippen LogP contribution is 2.68. The Morgan fingerprint density at radius 1 is 1.18 bits per heavy atom. The van der Waals surface area contributed by atoms with Gasteiger partial charge in [-0.05, 0) is 31.6 Å². The molecule has 0 aromatic rings. The number of amides is 2. The smallest absolute Gasteiger partial charge is 0.310 e. The third-order valence-corrected chi connectivity index (χ3v) is 11.2. The molecule has 224 valence electrons. The number of hydrogen-bond acceptors (Lipinski definition) is 8. The van der Waals surface area contributed by atoms with Gasteiger partial charge in [0.05, 0.1) is 36.4 Å². The van der Waals surface area contributed by atoms with Gasteiger partial charge in [-0.3, -0.25) is 19.3 Å². The van der Waals surface area contributed by atoms with Gasteiger partial charge in [-0.15, -0.1) is 24.9 Å². The van der Waals surface area contributed by atoms with E-state index >= 15 is 0 Å². The van der Waals surface area contributed by atoms with Crippen LogP contribution in [0.15, 0.2) is 25.3 Å². The summed E-state index contributed by atoms with van der Waals surface area (Å²) >= 11 is 1.69. The standard InChI is InChI=1S/C30H47N3O6S/c1-4-6-18-39-29(37)24-23-21-22(3)30(40-23)25(24)27(35)33(12-9-7-8-10-17-34)26(30)28(36)32(11-5-2)14-13-31-15-19-38-20-16-31/h4-5,22-26,34H,1-2,6-21H2,3H3/t22?,23-,24+,25-,26?,30?/m0/s1. The fraction of sp³-hybridized carbons (Fsp3) is 0.767. The van der Waals surface area contributed by atoms with Crippen LogP contribution in [0.3, 0.4) is 0 Å². The van der Waals surface area contributed by atoms with Crippen molar-refractivity contribution in [2.45, 2.75) is 61.5 Å². The number of thioether (sulfide) groups is 1. The molecule has 1 N–H and O–H groups in total. The molecule has 2 amide bonds. The Bertz CT molecular complexity index is 927. The van der Waals surface area contributed by atoms with E-state index in [0.29, 0.717) is 39.3 Å². The average molecular weight is 578 g/mol. The first-order chi connectivity index (χ1) is 19.4. The van der Waals surface area contributed by atoms with Crippen molar-refractivity contribution in [1.29, 1.82) is 0 Å². The van der Waals surface area contributed by atoms with E-state index in [4.69, 9.17) is 9.47 Å². The van der Waals surface area contributed by atoms with Crippen LogP contribution in [0.25, 0.3) is 0 Å². The van der Waals surface area contributed by atoms with Crippen molar-refractivity contribution in [2.75, 3.05) is 65.7 Å². The number of carbonyl (C=O) groups is 3. The van der Waals surface area contributed by atoms with E-state index in [9.17, 15) is 19.5 Å². The maximum atomic E-state index is 14.5. The first-order valence-electron chi connectivity index (χ1n) is 15.0. The maximum absolute atomic E-state index is 14.5. The molecular formula is C30H47N3O6S. The summed E-state index contributed by atoms with van der Waals surface area (Å²) in [6.45, 7) is 15.4. The van der Waals surface area contributed by atoms with Crippen LogP contribution in [0.5, 0.6) is 0 Å². The Balaban J connectivity index is 1.60. The summed E-state index contributed by atoms with van der Waals surface area (Å²) in [7, 11) is 0. The molecule has 4 rings (SSSR count). The zero-order valence-corrected chi connectivity index (χ0v) is 24.8. The highest BCUT2D eigenvalue weighted by atomic mass is 32.2. The van der Waals surface area contributed by atoms with E-state index in [1.807, 2.05) is 4.90 Å². The molecule has 10 heteroatoms. The van der Waals surface area contributed by atoms with Crippen LogP contribution in [0.4, 0.5) is 0 Å². The minimum atomic E-state index is -0.648. The number of rotatable bonds is 16. The molecule has 1 spiro atoms. The number of hydrogen-bond donors (Lipinski definition) is 1. The van der Waals surface area contributed by atoms with E-state index in [1.54, 1.807) is 28.8 Å². The second-order valence-corrected chi connectivity index (χ2v) is 13.0. The molecule has 4 aliphatic rings. The van der Waals surface area contributed by atoms with Crippen molar-refractivity contribution in [1.82, 2.24) is 14.7 Å². The molecule has 6 atom stereocenters. The monoisotopic (exact) mass is 577 g/mol. The topological polar surface area (TPSA) is 99.6 Å². The summed E-state index contributed by atoms with van der Waals surface area (Å²) in [6.07, 6.45) is 8.05. The van der Waals surface area contributed by atoms with Gasteiger partial charge in [-0.25, -0.2) is 0 Å². The second kappa shape index (κ2) is 14.3. The fourth-order valence-electron chi connectivity index (χ4n) is 7.10. The van der Waals surface area contributed by atoms with Crippen molar-refractivity contribution in [3.8, 4) is 0 Å². The predicted molar refractivity (Wildman–Crippen MR) is 156 cm³/mol. The Hall–Kier alpha value is -1.88. The number of nitrogens with zero attached hydrogens (tertiary/aromatic N) is 3. The summed E-state index contributed by atoms with van der Waals surface area (Å²) in [5, 5.41) is 9.15. The van der Waals surface area contributed by atoms with Gasteiger partial charge in [0, 0.05) is 51.1 Å². The highest BCUT2D eigenvalue weighted by molar-refractivity contribution is 8.02. The van der Waals surface area contributed by atoms with Crippen LogP contribution in [0.2, 0.25) is 0 Å². The number of ether oxygens (including phenoxy) is 2. The van der Waals surface area contributed by atoms with Crippen molar-refractivity contribution >= 4 is 29.5 Å². The first kappa shape index (κ1) is 31.1. The lowest BCUT2D eigenvalue weighted by Crippen LogP contribution is -2.58. The number of aliphatic hydroxyl groups excluding tert-OH is 1. The SMILES string of the molecule is C=CCCOC(=O)[C@@H]1[C@@H]2CC(C)C3(S2)C(C(=O)N(CC=C)CCN2CCOCC2)N(CCCCCCO)C(=O)[C@H]13. The fourth-order valence-corrected chi connectivity index (χ4v) is 9.51. The highest BCUT2D eigenvalue weighted by Gasteiger charge is 2.76. The Morgan fingerprint density at radius 3 is 2.62 bits per heavy atom. The molecule has 4 fully saturated rings. The van der Waals surface area contributed by atoms with Gasteiger partial charge in [-0.1, -0.05) is 31.9 Å². The van der Waals surface area contributed by atoms with Gasteiger partial charge in [0.2, 0.25) is 11.8 Å². The molecular weight excluding hydrogens is 530 g/mol. The summed E-state index contributed by atoms with van der Waals surface area (Å²) in [6, 6.07) is -0.622. The number of likely N-dealkylation sites (tertiary alicyclic amines) is 1. The van der Waals surface area contributed by atoms with Crippen molar-refractivity contribution in [3.05, 3.63) is 25.3 Å². The van der Waals surface area contributed by atoms with Gasteiger partial charge >= 0.3 is 5.97 Å². The molecule has 4 saturated heterocycles. The molecule has 40 heavy (non-hydrogen) atoms. The van der Waals surface area contributed by atoms with Crippen LogP contribution in [0.1, 0.15) is 45.4 Å². The zero-order valence-electron chi connectivity index (χ0n) is 24.0. The van der Waals surface area contributed by atoms with Crippen LogP contribution in [-0.2, 0) is 23.9 Å². The number of esters is 1. The van der Waals surface area contributed by atoms with Gasteiger partial charge in [-0.2, -0.15) is 0 Å². The molecule has 4 heterocycles. The summed E-state index contributed by atoms with van der Waals surface area (Å²) in [4.78, 5) is 48.0. The van der Waals surface area contributed by atoms with Gasteiger partial charge in [0.25, 0.3) is 0 Å². The number of fused-ring (bicyclic) bond motifs is 1. The van der Waals surface area contributed by atoms with Crippen molar-refractivity contribution < 1.29 is 29.0 Å². The molecule has 4 aliphatic heterocycles. The third-order valence-electron chi connectivity index (χ3n) is 9.08. The van der Waals surface area contributed by atoms with Crippen LogP contribution in [-0.4, -0.2) is 119 Å². The average Bonchev–Trinajstić information content (AvgIpc) is 3.55. The quantitative estimate of drug-likeness (QED) is 0.170. The maximum Gasteiger partial charge on any atom is 0.310 e. The van der Waals surface area contributed by atoms with Gasteiger partial charge in [0.1, 0.15) is 6.04 Å². The minimum absolute atomic E-state index is 0.0246. The summed E-state index contributed by atoms with van der Waals surface area (Å²) < 4.78 is 10.4. The van der Waals surface area contributed by atoms with E-state index in [-0.39, 0.29) is 42.2 Å². The number of unbranched alkanes of at least 4 members (excludes halogenated alkanes) is 3. The van der Waals surface area contributed by atoms with E-state index in [1.165, 1.54) is 0 Å². The lowest BCUT2D eigenvalue weighted by Gasteiger charge is -2.41. The van der Waals surface area contributed by atoms with Crippen LogP contribution >= 0.6 is 11.8 Å². The van der Waals surface area contributed by atoms with Crippen LogP contribution < -0.4 is 0 Å². The second-order valence-electron chi connectivity index (χ2n) is 11.5. The number of aliphatic hydroxyl groups is 1. The lowest BCUT2D eigenvalue weighted by molar-refractivity contribution is -0.154. The Kier molecular flexibility index (Phi) is 11.1. The van der Waals surface area contributed by atoms with E-state index in [0.717, 1.165) is 51.7 Å². The number of carbonyl (C=O) groups excluding carboxylic acids is 3. The molecule has 0 aromatic heterocycles. The van der Waals surface area contributed by atoms with Gasteiger partial charge < -0.3 is 24.4 Å². The largest absolute Gasteiger partial charge is 0.465 e. The van der Waals surface area contributed by atoms with Gasteiger partial charge in [0.15, 0.2) is 0 Å². The zero-order chi connectivity index (χ0) is 28.7. The third kappa shape index (κ3) is 6.15. The van der Waals surface area contributed by atoms with Crippen molar-refractivity contribution in [3.63, 3.8) is 0 Å². The minimum Gasteiger partial charge on any atom is -0.465 e. The molecule has 0 saturated carbocycles. The molecule has 0 aliphatic carbocycles. The summed E-state index contributed by atoms with van der Waals surface area (Å²) in [5.41, 5.74) is 0. The molecule has 0 aromatic carbocycles.